The van der Waals surface area contributed by atoms with E-state index in [0.717, 1.165) is 16.9 Å². The molecule has 1 aliphatic rings. The zero-order valence-electron chi connectivity index (χ0n) is 18.8. The van der Waals surface area contributed by atoms with Gasteiger partial charge in [0.1, 0.15) is 10.6 Å². The van der Waals surface area contributed by atoms with Crippen LogP contribution in [0.3, 0.4) is 0 Å². The van der Waals surface area contributed by atoms with E-state index in [9.17, 15) is 24.9 Å². The highest BCUT2D eigenvalue weighted by Gasteiger charge is 2.34. The van der Waals surface area contributed by atoms with E-state index in [4.69, 9.17) is 0 Å². The second-order valence-electron chi connectivity index (χ2n) is 9.29. The summed E-state index contributed by atoms with van der Waals surface area (Å²) in [6.45, 7) is 7.72. The van der Waals surface area contributed by atoms with Crippen LogP contribution in [0.5, 0.6) is 5.75 Å². The van der Waals surface area contributed by atoms with Crippen molar-refractivity contribution >= 4 is 28.9 Å². The lowest BCUT2D eigenvalue weighted by Gasteiger charge is -2.35. The summed E-state index contributed by atoms with van der Waals surface area (Å²) >= 11 is 1.04. The molecule has 6 nitrogen and oxygen atoms in total. The van der Waals surface area contributed by atoms with Crippen LogP contribution < -0.4 is 4.90 Å². The fourth-order valence-electron chi connectivity index (χ4n) is 3.76. The predicted molar refractivity (Wildman–Crippen MR) is 126 cm³/mol. The number of carbonyl (C=O) groups excluding carboxylic acids is 1. The number of carboxylic acids is 1. The number of hydrogen-bond acceptors (Lipinski definition) is 5. The quantitative estimate of drug-likeness (QED) is 0.575. The minimum absolute atomic E-state index is 0.0364. The molecular formula is C25H29NO5S. The molecule has 1 fully saturated rings. The van der Waals surface area contributed by atoms with Crippen LogP contribution in [-0.2, 0) is 0 Å². The van der Waals surface area contributed by atoms with Crippen LogP contribution in [0.2, 0.25) is 0 Å². The van der Waals surface area contributed by atoms with E-state index in [1.807, 2.05) is 27.7 Å². The van der Waals surface area contributed by atoms with Crippen LogP contribution >= 0.6 is 11.3 Å². The van der Waals surface area contributed by atoms with Crippen molar-refractivity contribution in [3.05, 3.63) is 45.1 Å². The number of rotatable bonds is 4. The van der Waals surface area contributed by atoms with Crippen molar-refractivity contribution in [1.82, 2.24) is 0 Å². The van der Waals surface area contributed by atoms with Gasteiger partial charge < -0.3 is 20.2 Å². The fraction of sp³-hybridized carbons (Fsp3) is 0.440. The van der Waals surface area contributed by atoms with E-state index in [2.05, 4.69) is 11.8 Å². The Bertz CT molecular complexity index is 1080. The molecule has 1 aromatic carbocycles. The summed E-state index contributed by atoms with van der Waals surface area (Å²) in [4.78, 5) is 27.8. The molecular weight excluding hydrogens is 426 g/mol. The number of hydrogen-bond donors (Lipinski definition) is 3. The topological polar surface area (TPSA) is 98.1 Å². The maximum Gasteiger partial charge on any atom is 0.348 e. The smallest absolute Gasteiger partial charge is 0.348 e. The average molecular weight is 456 g/mol. The van der Waals surface area contributed by atoms with Crippen molar-refractivity contribution in [2.45, 2.75) is 65.5 Å². The maximum absolute atomic E-state index is 13.6. The second-order valence-corrected chi connectivity index (χ2v) is 10.3. The third kappa shape index (κ3) is 5.50. The van der Waals surface area contributed by atoms with E-state index in [1.165, 1.54) is 11.0 Å². The number of anilines is 1. The Morgan fingerprint density at radius 2 is 1.78 bits per heavy atom. The number of aryl methyl sites for hydroxylation is 1. The minimum atomic E-state index is -1.13. The molecule has 1 aliphatic carbocycles. The number of aliphatic hydroxyl groups excluding tert-OH is 1. The molecule has 0 unspecified atom stereocenters. The Hall–Kier alpha value is -2.82. The molecule has 32 heavy (non-hydrogen) atoms. The molecule has 3 N–H and O–H groups in total. The van der Waals surface area contributed by atoms with Gasteiger partial charge in [0.05, 0.1) is 22.2 Å². The van der Waals surface area contributed by atoms with Gasteiger partial charge in [0.2, 0.25) is 0 Å². The van der Waals surface area contributed by atoms with Gasteiger partial charge in [-0.2, -0.15) is 0 Å². The number of phenolic OH excluding ortho intramolecular Hbond substituents is 1. The number of carbonyl (C=O) groups is 2. The van der Waals surface area contributed by atoms with Crippen LogP contribution in [0.25, 0.3) is 0 Å². The molecule has 170 valence electrons. The number of benzene rings is 1. The predicted octanol–water partition coefficient (Wildman–Crippen LogP) is 4.81. The summed E-state index contributed by atoms with van der Waals surface area (Å²) in [5.41, 5.74) is 0.961. The van der Waals surface area contributed by atoms with E-state index in [-0.39, 0.29) is 33.3 Å². The largest absolute Gasteiger partial charge is 0.507 e. The van der Waals surface area contributed by atoms with Crippen LogP contribution in [-0.4, -0.2) is 39.3 Å². The van der Waals surface area contributed by atoms with Crippen LogP contribution in [0, 0.1) is 24.2 Å². The van der Waals surface area contributed by atoms with Crippen LogP contribution in [0.1, 0.15) is 76.9 Å². The highest BCUT2D eigenvalue weighted by Crippen LogP contribution is 2.37. The Kier molecular flexibility index (Phi) is 6.97. The Morgan fingerprint density at radius 3 is 2.34 bits per heavy atom. The average Bonchev–Trinajstić information content (AvgIpc) is 3.12. The zero-order chi connectivity index (χ0) is 23.6. The summed E-state index contributed by atoms with van der Waals surface area (Å²) in [7, 11) is 0. The van der Waals surface area contributed by atoms with Crippen molar-refractivity contribution in [2.75, 3.05) is 4.90 Å². The number of aliphatic hydroxyl groups is 1. The lowest BCUT2D eigenvalue weighted by molar-refractivity contribution is 0.0702. The number of thiophene rings is 1. The van der Waals surface area contributed by atoms with Gasteiger partial charge in [0.25, 0.3) is 5.91 Å². The molecule has 2 aromatic rings. The monoisotopic (exact) mass is 455 g/mol. The van der Waals surface area contributed by atoms with Crippen LogP contribution in [0.4, 0.5) is 5.69 Å². The molecule has 1 aromatic heterocycles. The maximum atomic E-state index is 13.6. The summed E-state index contributed by atoms with van der Waals surface area (Å²) in [5.74, 6) is 4.42. The molecule has 0 atom stereocenters. The molecule has 1 amide bonds. The lowest BCUT2D eigenvalue weighted by atomic mass is 9.91. The van der Waals surface area contributed by atoms with E-state index in [1.54, 1.807) is 18.2 Å². The normalized spacial score (nSPS) is 18.5. The lowest BCUT2D eigenvalue weighted by Crippen LogP contribution is -2.43. The zero-order valence-corrected chi connectivity index (χ0v) is 19.6. The molecule has 0 radical (unpaired) electrons. The summed E-state index contributed by atoms with van der Waals surface area (Å²) < 4.78 is 0. The molecule has 1 saturated carbocycles. The van der Waals surface area contributed by atoms with Gasteiger partial charge in [-0.1, -0.05) is 17.9 Å². The van der Waals surface area contributed by atoms with Crippen molar-refractivity contribution in [1.29, 1.82) is 0 Å². The van der Waals surface area contributed by atoms with Crippen molar-refractivity contribution < 1.29 is 24.9 Å². The molecule has 7 heteroatoms. The highest BCUT2D eigenvalue weighted by molar-refractivity contribution is 7.15. The number of phenols is 1. The Labute approximate surface area is 192 Å². The first-order valence-corrected chi connectivity index (χ1v) is 11.5. The molecule has 0 saturated heterocycles. The molecule has 3 rings (SSSR count). The van der Waals surface area contributed by atoms with Gasteiger partial charge in [-0.3, -0.25) is 4.79 Å². The fourth-order valence-corrected chi connectivity index (χ4v) is 4.61. The number of carboxylic acid groups (broad SMARTS) is 1. The van der Waals surface area contributed by atoms with E-state index >= 15 is 0 Å². The number of aromatic hydroxyl groups is 1. The molecule has 0 aliphatic heterocycles. The first-order chi connectivity index (χ1) is 15.0. The Balaban J connectivity index is 2.12. The summed E-state index contributed by atoms with van der Waals surface area (Å²) in [5, 5.41) is 30.3. The van der Waals surface area contributed by atoms with Gasteiger partial charge in [-0.25, -0.2) is 4.79 Å². The standard InChI is InChI=1S/C25H29NO5S/c1-15-5-10-19(21(28)13-15)23(29)26(16-6-8-17(27)9-7-16)20-14-18(11-12-25(2,3)4)32-22(20)24(30)31/h5,10,13-14,16-17,27-28H,6-9H2,1-4H3,(H,30,31)/t16-,17-. The number of aromatic carboxylic acids is 1. The van der Waals surface area contributed by atoms with Gasteiger partial charge >= 0.3 is 5.97 Å². The van der Waals surface area contributed by atoms with Crippen molar-refractivity contribution in [2.24, 2.45) is 5.41 Å². The van der Waals surface area contributed by atoms with E-state index in [0.29, 0.717) is 30.6 Å². The second kappa shape index (κ2) is 9.35. The Morgan fingerprint density at radius 1 is 1.12 bits per heavy atom. The summed E-state index contributed by atoms with van der Waals surface area (Å²) in [6.07, 6.45) is 1.70. The molecule has 1 heterocycles. The SMILES string of the molecule is Cc1ccc(C(=O)N(c2cc(C#CC(C)(C)C)sc2C(=O)O)[C@H]2CC[C@H](O)CC2)c(O)c1. The highest BCUT2D eigenvalue weighted by atomic mass is 32.1. The third-order valence-corrected chi connectivity index (χ3v) is 6.39. The van der Waals surface area contributed by atoms with E-state index < -0.39 is 18.0 Å². The van der Waals surface area contributed by atoms with Crippen LogP contribution in [0.15, 0.2) is 24.3 Å². The van der Waals surface area contributed by atoms with Gasteiger partial charge in [-0.15, -0.1) is 11.3 Å². The van der Waals surface area contributed by atoms with Gasteiger partial charge in [-0.05, 0) is 77.1 Å². The van der Waals surface area contributed by atoms with Crippen molar-refractivity contribution in [3.63, 3.8) is 0 Å². The molecule has 0 bridgehead atoms. The molecule has 0 spiro atoms. The van der Waals surface area contributed by atoms with Gasteiger partial charge in [0, 0.05) is 11.5 Å². The van der Waals surface area contributed by atoms with Crippen molar-refractivity contribution in [3.8, 4) is 17.6 Å². The number of amides is 1. The summed E-state index contributed by atoms with van der Waals surface area (Å²) in [6, 6.07) is 6.18. The third-order valence-electron chi connectivity index (χ3n) is 5.36. The number of nitrogens with zero attached hydrogens (tertiary/aromatic N) is 1. The van der Waals surface area contributed by atoms with Gasteiger partial charge in [0.15, 0.2) is 0 Å². The first kappa shape index (κ1) is 23.8. The first-order valence-electron chi connectivity index (χ1n) is 10.7. The minimum Gasteiger partial charge on any atom is -0.507 e.